The van der Waals surface area contributed by atoms with Gasteiger partial charge in [-0.1, -0.05) is 24.3 Å². The zero-order chi connectivity index (χ0) is 18.1. The van der Waals surface area contributed by atoms with E-state index in [1.165, 1.54) is 0 Å². The minimum absolute atomic E-state index is 0.0446. The van der Waals surface area contributed by atoms with Gasteiger partial charge in [-0.2, -0.15) is 0 Å². The van der Waals surface area contributed by atoms with Gasteiger partial charge in [-0.3, -0.25) is 9.59 Å². The maximum atomic E-state index is 10.5. The summed E-state index contributed by atoms with van der Waals surface area (Å²) in [6.45, 7) is 0. The van der Waals surface area contributed by atoms with Crippen molar-refractivity contribution in [1.82, 2.24) is 0 Å². The Kier molecular flexibility index (Phi) is 6.89. The second kappa shape index (κ2) is 9.37. The molecule has 6 nitrogen and oxygen atoms in total. The fraction of sp³-hybridized carbons (Fsp3) is 0.222. The molecule has 25 heavy (non-hydrogen) atoms. The van der Waals surface area contributed by atoms with Crippen LogP contribution >= 0.6 is 0 Å². The van der Waals surface area contributed by atoms with Crippen LogP contribution in [0, 0.1) is 0 Å². The molecule has 7 heteroatoms. The van der Waals surface area contributed by atoms with Gasteiger partial charge in [0.15, 0.2) is 0 Å². The molecule has 0 fully saturated rings. The number of carboxylic acid groups (broad SMARTS) is 2. The summed E-state index contributed by atoms with van der Waals surface area (Å²) in [6.07, 6.45) is 1.18. The first-order valence-electron chi connectivity index (χ1n) is 7.90. The van der Waals surface area contributed by atoms with Crippen LogP contribution < -0.4 is 9.31 Å². The van der Waals surface area contributed by atoms with E-state index in [0.29, 0.717) is 24.3 Å². The molecular formula is C18H19BO6. The second-order valence-corrected chi connectivity index (χ2v) is 5.48. The normalized spacial score (nSPS) is 10.1. The molecule has 2 aromatic carbocycles. The van der Waals surface area contributed by atoms with E-state index in [0.717, 1.165) is 11.1 Å². The van der Waals surface area contributed by atoms with Gasteiger partial charge in [0.2, 0.25) is 0 Å². The third-order valence-corrected chi connectivity index (χ3v) is 3.55. The highest BCUT2D eigenvalue weighted by Gasteiger charge is 2.03. The Morgan fingerprint density at radius 2 is 1.08 bits per heavy atom. The SMILES string of the molecule is O=C(O)CCc1ccc(OBOc2ccc(CCC(=O)O)cc2)cc1. The molecule has 0 unspecified atom stereocenters. The number of hydrogen-bond acceptors (Lipinski definition) is 4. The monoisotopic (exact) mass is 342 g/mol. The Morgan fingerprint density at radius 1 is 0.720 bits per heavy atom. The molecule has 0 aromatic heterocycles. The van der Waals surface area contributed by atoms with E-state index >= 15 is 0 Å². The highest BCUT2D eigenvalue weighted by Crippen LogP contribution is 2.15. The molecule has 0 aliphatic carbocycles. The van der Waals surface area contributed by atoms with E-state index in [1.807, 2.05) is 24.3 Å². The van der Waals surface area contributed by atoms with E-state index in [1.54, 1.807) is 24.3 Å². The van der Waals surface area contributed by atoms with Gasteiger partial charge < -0.3 is 19.5 Å². The first-order valence-corrected chi connectivity index (χ1v) is 7.90. The molecule has 0 radical (unpaired) electrons. The Bertz CT molecular complexity index is 635. The molecule has 2 N–H and O–H groups in total. The average Bonchev–Trinajstić information content (AvgIpc) is 2.60. The highest BCUT2D eigenvalue weighted by atomic mass is 16.6. The van der Waals surface area contributed by atoms with E-state index in [4.69, 9.17) is 19.5 Å². The van der Waals surface area contributed by atoms with Crippen LogP contribution in [0.5, 0.6) is 11.5 Å². The third-order valence-electron chi connectivity index (χ3n) is 3.55. The Balaban J connectivity index is 1.74. The summed E-state index contributed by atoms with van der Waals surface area (Å²) in [5.74, 6) is -0.361. The molecule has 0 aliphatic rings. The van der Waals surface area contributed by atoms with E-state index in [2.05, 4.69) is 0 Å². The van der Waals surface area contributed by atoms with Crippen LogP contribution in [0.4, 0.5) is 0 Å². The van der Waals surface area contributed by atoms with Gasteiger partial charge in [0.25, 0.3) is 0 Å². The number of rotatable bonds is 10. The molecular weight excluding hydrogens is 323 g/mol. The number of aryl methyl sites for hydroxylation is 2. The van der Waals surface area contributed by atoms with Crippen LogP contribution in [0.1, 0.15) is 24.0 Å². The molecule has 0 saturated heterocycles. The van der Waals surface area contributed by atoms with Crippen molar-refractivity contribution in [3.63, 3.8) is 0 Å². The standard InChI is InChI=1S/C18H19BO6/c20-17(21)11-5-13-1-7-15(8-2-13)24-19-25-16-9-3-14(4-10-16)6-12-18(22)23/h1-4,7-10,19H,5-6,11-12H2,(H,20,21)(H,22,23). The van der Waals surface area contributed by atoms with Crippen molar-refractivity contribution in [3.05, 3.63) is 59.7 Å². The molecule has 0 aliphatic heterocycles. The summed E-state index contributed by atoms with van der Waals surface area (Å²) < 4.78 is 11.0. The van der Waals surface area contributed by atoms with Gasteiger partial charge in [-0.25, -0.2) is 0 Å². The maximum absolute atomic E-state index is 10.5. The Labute approximate surface area is 146 Å². The number of aliphatic carboxylic acids is 2. The molecule has 0 atom stereocenters. The molecule has 0 bridgehead atoms. The number of carboxylic acids is 2. The first kappa shape index (κ1) is 18.4. The topological polar surface area (TPSA) is 93.1 Å². The first-order chi connectivity index (χ1) is 12.0. The quantitative estimate of drug-likeness (QED) is 0.644. The number of carbonyl (C=O) groups is 2. The molecule has 0 spiro atoms. The van der Waals surface area contributed by atoms with E-state index in [9.17, 15) is 9.59 Å². The van der Waals surface area contributed by atoms with Crippen LogP contribution in [0.15, 0.2) is 48.5 Å². The van der Waals surface area contributed by atoms with E-state index in [-0.39, 0.29) is 20.5 Å². The predicted molar refractivity (Wildman–Crippen MR) is 93.2 cm³/mol. The number of hydrogen-bond donors (Lipinski definition) is 2. The van der Waals surface area contributed by atoms with Crippen LogP contribution in [0.2, 0.25) is 0 Å². The van der Waals surface area contributed by atoms with Gasteiger partial charge in [0.05, 0.1) is 0 Å². The summed E-state index contributed by atoms with van der Waals surface area (Å²) in [6, 6.07) is 14.4. The minimum Gasteiger partial charge on any atom is -0.529 e. The van der Waals surface area contributed by atoms with Gasteiger partial charge in [0, 0.05) is 12.8 Å². The largest absolute Gasteiger partial charge is 0.576 e. The summed E-state index contributed by atoms with van der Waals surface area (Å²) in [4.78, 5) is 21.1. The van der Waals surface area contributed by atoms with Crippen molar-refractivity contribution in [2.75, 3.05) is 0 Å². The van der Waals surface area contributed by atoms with Crippen molar-refractivity contribution in [2.45, 2.75) is 25.7 Å². The summed E-state index contributed by atoms with van der Waals surface area (Å²) in [5.41, 5.74) is 1.88. The third kappa shape index (κ3) is 6.99. The lowest BCUT2D eigenvalue weighted by Gasteiger charge is -2.08. The second-order valence-electron chi connectivity index (χ2n) is 5.48. The lowest BCUT2D eigenvalue weighted by Crippen LogP contribution is -2.11. The molecule has 0 saturated carbocycles. The zero-order valence-electron chi connectivity index (χ0n) is 13.7. The van der Waals surface area contributed by atoms with Gasteiger partial charge in [-0.15, -0.1) is 0 Å². The summed E-state index contributed by atoms with van der Waals surface area (Å²) in [7, 11) is 0.0446. The fourth-order valence-electron chi connectivity index (χ4n) is 2.17. The summed E-state index contributed by atoms with van der Waals surface area (Å²) in [5, 5.41) is 17.3. The van der Waals surface area contributed by atoms with Gasteiger partial charge in [0.1, 0.15) is 11.5 Å². The molecule has 2 rings (SSSR count). The fourth-order valence-corrected chi connectivity index (χ4v) is 2.17. The smallest absolute Gasteiger partial charge is 0.529 e. The lowest BCUT2D eigenvalue weighted by atomic mass is 10.1. The van der Waals surface area contributed by atoms with Gasteiger partial charge >= 0.3 is 19.6 Å². The molecule has 0 heterocycles. The number of benzene rings is 2. The van der Waals surface area contributed by atoms with Crippen molar-refractivity contribution >= 4 is 19.6 Å². The molecule has 0 amide bonds. The Hall–Kier alpha value is -2.96. The van der Waals surface area contributed by atoms with Crippen LogP contribution in [0.25, 0.3) is 0 Å². The van der Waals surface area contributed by atoms with Crippen molar-refractivity contribution < 1.29 is 29.1 Å². The highest BCUT2D eigenvalue weighted by molar-refractivity contribution is 6.20. The maximum Gasteiger partial charge on any atom is 0.576 e. The summed E-state index contributed by atoms with van der Waals surface area (Å²) >= 11 is 0. The minimum atomic E-state index is -0.817. The zero-order valence-corrected chi connectivity index (χ0v) is 13.7. The van der Waals surface area contributed by atoms with Gasteiger partial charge in [-0.05, 0) is 48.2 Å². The molecule has 2 aromatic rings. The Morgan fingerprint density at radius 3 is 1.40 bits per heavy atom. The van der Waals surface area contributed by atoms with Crippen LogP contribution in [0.3, 0.4) is 0 Å². The lowest BCUT2D eigenvalue weighted by molar-refractivity contribution is -0.138. The van der Waals surface area contributed by atoms with Crippen LogP contribution in [-0.2, 0) is 22.4 Å². The van der Waals surface area contributed by atoms with Crippen LogP contribution in [-0.4, -0.2) is 29.8 Å². The average molecular weight is 342 g/mol. The predicted octanol–water partition coefficient (Wildman–Crippen LogP) is 2.45. The van der Waals surface area contributed by atoms with Crippen molar-refractivity contribution in [2.24, 2.45) is 0 Å². The van der Waals surface area contributed by atoms with E-state index < -0.39 is 11.9 Å². The molecule has 130 valence electrons. The van der Waals surface area contributed by atoms with Crippen molar-refractivity contribution in [3.8, 4) is 11.5 Å². The van der Waals surface area contributed by atoms with Crippen molar-refractivity contribution in [1.29, 1.82) is 0 Å².